The third-order valence-electron chi connectivity index (χ3n) is 4.08. The van der Waals surface area contributed by atoms with Gasteiger partial charge < -0.3 is 20.1 Å². The van der Waals surface area contributed by atoms with Crippen molar-refractivity contribution in [1.29, 1.82) is 0 Å². The van der Waals surface area contributed by atoms with E-state index in [1.54, 1.807) is 42.5 Å². The second-order valence-electron chi connectivity index (χ2n) is 6.31. The van der Waals surface area contributed by atoms with E-state index in [2.05, 4.69) is 26.6 Å². The second-order valence-corrected chi connectivity index (χ2v) is 7.16. The van der Waals surface area contributed by atoms with Gasteiger partial charge in [-0.1, -0.05) is 6.07 Å². The summed E-state index contributed by atoms with van der Waals surface area (Å²) in [6.45, 7) is 2.72. The Morgan fingerprint density at radius 1 is 1.19 bits per heavy atom. The molecule has 27 heavy (non-hydrogen) atoms. The van der Waals surface area contributed by atoms with Crippen molar-refractivity contribution in [3.63, 3.8) is 0 Å². The molecule has 7 heteroatoms. The molecule has 0 radical (unpaired) electrons. The smallest absolute Gasteiger partial charge is 0.255 e. The van der Waals surface area contributed by atoms with E-state index in [1.165, 1.54) is 6.92 Å². The Kier molecular flexibility index (Phi) is 6.47. The third kappa shape index (κ3) is 5.55. The first kappa shape index (κ1) is 19.4. The predicted octanol–water partition coefficient (Wildman–Crippen LogP) is 4.22. The molecule has 2 aromatic rings. The monoisotopic (exact) mass is 432 g/mol. The Hall–Kier alpha value is -2.38. The van der Waals surface area contributed by atoms with E-state index in [1.807, 2.05) is 0 Å². The predicted molar refractivity (Wildman–Crippen MR) is 107 cm³/mol. The molecule has 2 N–H and O–H groups in total. The summed E-state index contributed by atoms with van der Waals surface area (Å²) in [5.41, 5.74) is 1.72. The fourth-order valence-electron chi connectivity index (χ4n) is 2.80. The van der Waals surface area contributed by atoms with Crippen molar-refractivity contribution in [2.24, 2.45) is 0 Å². The molecule has 1 fully saturated rings. The number of amides is 2. The molecule has 2 aromatic carbocycles. The SMILES string of the molecule is CC(=O)Nc1cccc(NC(=O)c2ccc(OC[C@@H]3CCCO3)c(Br)c2)c1. The zero-order valence-corrected chi connectivity index (χ0v) is 16.5. The van der Waals surface area contributed by atoms with Crippen LogP contribution in [0.5, 0.6) is 5.75 Å². The number of anilines is 2. The lowest BCUT2D eigenvalue weighted by Crippen LogP contribution is -2.16. The van der Waals surface area contributed by atoms with Crippen LogP contribution in [0.25, 0.3) is 0 Å². The maximum Gasteiger partial charge on any atom is 0.255 e. The van der Waals surface area contributed by atoms with Gasteiger partial charge in [0.2, 0.25) is 5.91 Å². The molecule has 142 valence electrons. The van der Waals surface area contributed by atoms with Gasteiger partial charge in [-0.05, 0) is 65.2 Å². The van der Waals surface area contributed by atoms with E-state index in [0.717, 1.165) is 19.4 Å². The number of benzene rings is 2. The van der Waals surface area contributed by atoms with Gasteiger partial charge in [-0.2, -0.15) is 0 Å². The molecule has 1 heterocycles. The first-order valence-corrected chi connectivity index (χ1v) is 9.53. The van der Waals surface area contributed by atoms with Crippen LogP contribution >= 0.6 is 15.9 Å². The number of carbonyl (C=O) groups excluding carboxylic acids is 2. The highest BCUT2D eigenvalue weighted by Gasteiger charge is 2.17. The van der Waals surface area contributed by atoms with Crippen LogP contribution < -0.4 is 15.4 Å². The second kappa shape index (κ2) is 9.01. The molecule has 0 spiro atoms. The van der Waals surface area contributed by atoms with E-state index in [4.69, 9.17) is 9.47 Å². The third-order valence-corrected chi connectivity index (χ3v) is 4.70. The highest BCUT2D eigenvalue weighted by Crippen LogP contribution is 2.27. The average molecular weight is 433 g/mol. The van der Waals surface area contributed by atoms with E-state index in [-0.39, 0.29) is 17.9 Å². The topological polar surface area (TPSA) is 76.7 Å². The van der Waals surface area contributed by atoms with Crippen molar-refractivity contribution >= 4 is 39.1 Å². The largest absolute Gasteiger partial charge is 0.490 e. The molecule has 2 amide bonds. The summed E-state index contributed by atoms with van der Waals surface area (Å²) in [4.78, 5) is 23.6. The highest BCUT2D eigenvalue weighted by molar-refractivity contribution is 9.10. The molecule has 0 aromatic heterocycles. The Morgan fingerprint density at radius 2 is 1.96 bits per heavy atom. The van der Waals surface area contributed by atoms with E-state index in [0.29, 0.717) is 33.8 Å². The van der Waals surface area contributed by atoms with Crippen LogP contribution in [-0.2, 0) is 9.53 Å². The van der Waals surface area contributed by atoms with Gasteiger partial charge in [0.05, 0.1) is 10.6 Å². The van der Waals surface area contributed by atoms with Crippen LogP contribution in [0.1, 0.15) is 30.1 Å². The van der Waals surface area contributed by atoms with Gasteiger partial charge in [0, 0.05) is 30.5 Å². The van der Waals surface area contributed by atoms with Crippen molar-refractivity contribution in [3.05, 3.63) is 52.5 Å². The van der Waals surface area contributed by atoms with Gasteiger partial charge >= 0.3 is 0 Å². The van der Waals surface area contributed by atoms with Crippen molar-refractivity contribution in [3.8, 4) is 5.75 Å². The minimum absolute atomic E-state index is 0.135. The number of carbonyl (C=O) groups is 2. The standard InChI is InChI=1S/C20H21BrN2O4/c1-13(24)22-15-4-2-5-16(11-15)23-20(25)14-7-8-19(18(21)10-14)27-12-17-6-3-9-26-17/h2,4-5,7-8,10-11,17H,3,6,9,12H2,1H3,(H,22,24)(H,23,25)/t17-/m0/s1. The van der Waals surface area contributed by atoms with Gasteiger partial charge in [0.1, 0.15) is 12.4 Å². The molecule has 1 saturated heterocycles. The first-order chi connectivity index (χ1) is 13.0. The normalized spacial score (nSPS) is 16.0. The Morgan fingerprint density at radius 3 is 2.63 bits per heavy atom. The number of nitrogens with one attached hydrogen (secondary N) is 2. The van der Waals surface area contributed by atoms with Gasteiger partial charge in [-0.25, -0.2) is 0 Å². The van der Waals surface area contributed by atoms with Crippen LogP contribution in [0.3, 0.4) is 0 Å². The summed E-state index contributed by atoms with van der Waals surface area (Å²) in [5, 5.41) is 5.51. The quantitative estimate of drug-likeness (QED) is 0.716. The summed E-state index contributed by atoms with van der Waals surface area (Å²) in [6.07, 6.45) is 2.21. The fourth-order valence-corrected chi connectivity index (χ4v) is 3.29. The Bertz CT molecular complexity index is 834. The van der Waals surface area contributed by atoms with Crippen molar-refractivity contribution in [2.45, 2.75) is 25.9 Å². The van der Waals surface area contributed by atoms with Crippen LogP contribution in [0.15, 0.2) is 46.9 Å². The molecule has 0 saturated carbocycles. The van der Waals surface area contributed by atoms with Crippen molar-refractivity contribution < 1.29 is 19.1 Å². The van der Waals surface area contributed by atoms with Crippen LogP contribution in [0.2, 0.25) is 0 Å². The zero-order valence-electron chi connectivity index (χ0n) is 15.0. The zero-order chi connectivity index (χ0) is 19.2. The lowest BCUT2D eigenvalue weighted by atomic mass is 10.2. The number of halogens is 1. The molecular weight excluding hydrogens is 412 g/mol. The Labute approximate surface area is 166 Å². The first-order valence-electron chi connectivity index (χ1n) is 8.74. The van der Waals surface area contributed by atoms with Gasteiger partial charge in [-0.3, -0.25) is 9.59 Å². The maximum absolute atomic E-state index is 12.5. The van der Waals surface area contributed by atoms with Crippen LogP contribution in [-0.4, -0.2) is 31.1 Å². The van der Waals surface area contributed by atoms with Crippen LogP contribution in [0.4, 0.5) is 11.4 Å². The Balaban J connectivity index is 1.62. The average Bonchev–Trinajstić information content (AvgIpc) is 3.14. The fraction of sp³-hybridized carbons (Fsp3) is 0.300. The molecule has 3 rings (SSSR count). The molecule has 1 aliphatic heterocycles. The summed E-state index contributed by atoms with van der Waals surface area (Å²) in [5.74, 6) is 0.261. The lowest BCUT2D eigenvalue weighted by molar-refractivity contribution is -0.114. The van der Waals surface area contributed by atoms with Crippen molar-refractivity contribution in [2.75, 3.05) is 23.8 Å². The van der Waals surface area contributed by atoms with E-state index < -0.39 is 0 Å². The number of hydrogen-bond acceptors (Lipinski definition) is 4. The summed E-state index contributed by atoms with van der Waals surface area (Å²) >= 11 is 3.46. The number of hydrogen-bond donors (Lipinski definition) is 2. The van der Waals surface area contributed by atoms with E-state index in [9.17, 15) is 9.59 Å². The number of rotatable bonds is 6. The molecule has 0 aliphatic carbocycles. The van der Waals surface area contributed by atoms with Gasteiger partial charge in [0.15, 0.2) is 0 Å². The minimum atomic E-state index is -0.249. The van der Waals surface area contributed by atoms with Crippen LogP contribution in [0, 0.1) is 0 Å². The number of ether oxygens (including phenoxy) is 2. The summed E-state index contributed by atoms with van der Waals surface area (Å²) < 4.78 is 12.0. The summed E-state index contributed by atoms with van der Waals surface area (Å²) in [6, 6.07) is 12.2. The highest BCUT2D eigenvalue weighted by atomic mass is 79.9. The molecule has 1 aliphatic rings. The van der Waals surface area contributed by atoms with Crippen molar-refractivity contribution in [1.82, 2.24) is 0 Å². The maximum atomic E-state index is 12.5. The lowest BCUT2D eigenvalue weighted by Gasteiger charge is -2.13. The minimum Gasteiger partial charge on any atom is -0.490 e. The van der Waals surface area contributed by atoms with Gasteiger partial charge in [0.25, 0.3) is 5.91 Å². The molecule has 0 bridgehead atoms. The molecule has 6 nitrogen and oxygen atoms in total. The molecule has 1 atom stereocenters. The van der Waals surface area contributed by atoms with E-state index >= 15 is 0 Å². The van der Waals surface area contributed by atoms with Gasteiger partial charge in [-0.15, -0.1) is 0 Å². The molecular formula is C20H21BrN2O4. The summed E-state index contributed by atoms with van der Waals surface area (Å²) in [7, 11) is 0. The molecule has 0 unspecified atom stereocenters.